The molecule has 0 fully saturated rings. The molecular weight excluding hydrogens is 504 g/mol. The summed E-state index contributed by atoms with van der Waals surface area (Å²) in [7, 11) is -3.95. The van der Waals surface area contributed by atoms with E-state index in [9.17, 15) is 17.2 Å². The molecule has 1 atom stereocenters. The molecule has 0 bridgehead atoms. The Morgan fingerprint density at radius 3 is 2.71 bits per heavy atom. The number of fused-ring (bicyclic) bond motifs is 3. The number of nitrogens with one attached hydrogen (secondary N) is 1. The van der Waals surface area contributed by atoms with Gasteiger partial charge in [-0.05, 0) is 18.2 Å². The minimum Gasteiger partial charge on any atom is -0.475 e. The number of nitrogens with zero attached hydrogens (tertiary/aromatic N) is 6. The molecule has 0 saturated carbocycles. The first-order valence-corrected chi connectivity index (χ1v) is 12.3. The predicted octanol–water partition coefficient (Wildman–Crippen LogP) is 3.03. The highest BCUT2D eigenvalue weighted by Gasteiger charge is 2.32. The number of aryl methyl sites for hydroxylation is 1. The summed E-state index contributed by atoms with van der Waals surface area (Å²) < 4.78 is 63.7. The Morgan fingerprint density at radius 2 is 1.94 bits per heavy atom. The molecule has 1 N–H and O–H groups in total. The molecule has 0 radical (unpaired) electrons. The lowest BCUT2D eigenvalue weighted by atomic mass is 10.1. The summed E-state index contributed by atoms with van der Waals surface area (Å²) in [4.78, 5) is 12.2. The topological polar surface area (TPSA) is 125 Å². The van der Waals surface area contributed by atoms with Crippen LogP contribution in [0.15, 0.2) is 48.9 Å². The van der Waals surface area contributed by atoms with Crippen molar-refractivity contribution in [3.05, 3.63) is 77.0 Å². The highest BCUT2D eigenvalue weighted by Crippen LogP contribution is 2.37. The Hall–Kier alpha value is -3.71. The van der Waals surface area contributed by atoms with Gasteiger partial charge in [0.25, 0.3) is 0 Å². The summed E-state index contributed by atoms with van der Waals surface area (Å²) in [6, 6.07) is 5.51. The highest BCUT2D eigenvalue weighted by molar-refractivity contribution is 7.92. The van der Waals surface area contributed by atoms with Crippen molar-refractivity contribution in [1.82, 2.24) is 29.7 Å². The number of sulfonamides is 1. The van der Waals surface area contributed by atoms with Crippen molar-refractivity contribution >= 4 is 27.6 Å². The lowest BCUT2D eigenvalue weighted by Gasteiger charge is -2.20. The van der Waals surface area contributed by atoms with Crippen LogP contribution >= 0.6 is 11.6 Å². The van der Waals surface area contributed by atoms with Crippen LogP contribution in [0.3, 0.4) is 0 Å². The smallest absolute Gasteiger partial charge is 0.239 e. The highest BCUT2D eigenvalue weighted by atomic mass is 35.5. The van der Waals surface area contributed by atoms with Gasteiger partial charge in [0.05, 0.1) is 16.3 Å². The van der Waals surface area contributed by atoms with Crippen LogP contribution in [-0.4, -0.2) is 50.5 Å². The Labute approximate surface area is 203 Å². The fourth-order valence-corrected chi connectivity index (χ4v) is 4.70. The fourth-order valence-electron chi connectivity index (χ4n) is 3.63. The number of rotatable bonds is 6. The molecule has 180 valence electrons. The third-order valence-corrected chi connectivity index (χ3v) is 6.66. The van der Waals surface area contributed by atoms with E-state index in [0.29, 0.717) is 16.4 Å². The number of hydrogen-bond acceptors (Lipinski definition) is 8. The molecule has 1 aliphatic heterocycles. The number of anilines is 1. The predicted molar refractivity (Wildman–Crippen MR) is 121 cm³/mol. The van der Waals surface area contributed by atoms with Crippen LogP contribution in [0.1, 0.15) is 17.4 Å². The maximum absolute atomic E-state index is 14.8. The Balaban J connectivity index is 1.52. The maximum atomic E-state index is 14.8. The molecule has 3 aromatic heterocycles. The van der Waals surface area contributed by atoms with Crippen molar-refractivity contribution in [3.63, 3.8) is 0 Å². The quantitative estimate of drug-likeness (QED) is 0.412. The summed E-state index contributed by atoms with van der Waals surface area (Å²) in [5.41, 5.74) is 0.500. The van der Waals surface area contributed by atoms with Crippen LogP contribution in [0.25, 0.3) is 11.4 Å². The molecule has 4 aromatic rings. The van der Waals surface area contributed by atoms with Crippen molar-refractivity contribution in [2.24, 2.45) is 0 Å². The molecule has 0 saturated heterocycles. The Bertz CT molecular complexity index is 1500. The summed E-state index contributed by atoms with van der Waals surface area (Å²) in [5, 5.41) is 8.46. The van der Waals surface area contributed by atoms with E-state index < -0.39 is 27.7 Å². The average molecular weight is 520 g/mol. The third-order valence-electron chi connectivity index (χ3n) is 5.23. The molecule has 0 amide bonds. The van der Waals surface area contributed by atoms with E-state index in [1.807, 2.05) is 0 Å². The average Bonchev–Trinajstić information content (AvgIpc) is 3.14. The molecule has 10 nitrogen and oxygen atoms in total. The van der Waals surface area contributed by atoms with E-state index in [-0.39, 0.29) is 42.0 Å². The van der Waals surface area contributed by atoms with Gasteiger partial charge in [-0.3, -0.25) is 9.29 Å². The van der Waals surface area contributed by atoms with E-state index in [2.05, 4.69) is 29.9 Å². The molecule has 0 aliphatic carbocycles. The molecule has 1 aliphatic rings. The van der Waals surface area contributed by atoms with Crippen LogP contribution in [0.5, 0.6) is 5.88 Å². The molecule has 1 aromatic carbocycles. The first-order valence-electron chi connectivity index (χ1n) is 10.3. The molecule has 14 heteroatoms. The molecule has 5 rings (SSSR count). The van der Waals surface area contributed by atoms with Gasteiger partial charge in [-0.2, -0.15) is 0 Å². The summed E-state index contributed by atoms with van der Waals surface area (Å²) in [5.74, 6) is -1.38. The lowest BCUT2D eigenvalue weighted by Crippen LogP contribution is -2.25. The molecule has 4 heterocycles. The van der Waals surface area contributed by atoms with Gasteiger partial charge in [0.2, 0.25) is 21.9 Å². The SMILES string of the molecule is O=S(=O)(CCc1ncc(Cl)cn1)Nc1nnc2n1[C@H](c1ccc(F)cc1F)COc1ncccc1-2. The maximum Gasteiger partial charge on any atom is 0.239 e. The fraction of sp³-hybridized carbons (Fsp3) is 0.190. The standard InChI is InChI=1S/C21H16ClF2N7O3S/c22-12-9-26-18(27-10-12)5-7-35(32,33)30-21-29-28-19-15-2-1-6-25-20(15)34-11-17(31(19)21)14-4-3-13(23)8-16(14)24/h1-4,6,8-10,17H,5,7,11H2,(H,29,30)/t17-/m0/s1. The number of ether oxygens (including phenoxy) is 1. The van der Waals surface area contributed by atoms with Gasteiger partial charge in [0.1, 0.15) is 30.1 Å². The van der Waals surface area contributed by atoms with Crippen molar-refractivity contribution in [1.29, 1.82) is 0 Å². The molecule has 35 heavy (non-hydrogen) atoms. The summed E-state index contributed by atoms with van der Waals surface area (Å²) in [6.45, 7) is -0.134. The first kappa shape index (κ1) is 23.1. The van der Waals surface area contributed by atoms with Gasteiger partial charge in [-0.25, -0.2) is 32.2 Å². The van der Waals surface area contributed by atoms with Gasteiger partial charge in [-0.1, -0.05) is 17.7 Å². The lowest BCUT2D eigenvalue weighted by molar-refractivity contribution is 0.268. The van der Waals surface area contributed by atoms with Crippen LogP contribution < -0.4 is 9.46 Å². The first-order chi connectivity index (χ1) is 16.8. The number of pyridine rings is 1. The summed E-state index contributed by atoms with van der Waals surface area (Å²) in [6.07, 6.45) is 4.27. The van der Waals surface area contributed by atoms with Gasteiger partial charge in [-0.15, -0.1) is 10.2 Å². The zero-order valence-corrected chi connectivity index (χ0v) is 19.3. The largest absolute Gasteiger partial charge is 0.475 e. The number of halogens is 3. The monoisotopic (exact) mass is 519 g/mol. The van der Waals surface area contributed by atoms with Crippen LogP contribution in [0.4, 0.5) is 14.7 Å². The van der Waals surface area contributed by atoms with Crippen molar-refractivity contribution in [2.45, 2.75) is 12.5 Å². The normalized spacial score (nSPS) is 15.0. The number of benzene rings is 1. The second kappa shape index (κ2) is 9.15. The minimum absolute atomic E-state index is 0.0133. The Morgan fingerprint density at radius 1 is 1.14 bits per heavy atom. The molecule has 0 unspecified atom stereocenters. The van der Waals surface area contributed by atoms with E-state index in [0.717, 1.165) is 12.1 Å². The van der Waals surface area contributed by atoms with Gasteiger partial charge < -0.3 is 4.74 Å². The third kappa shape index (κ3) is 4.77. The Kier molecular flexibility index (Phi) is 6.03. The van der Waals surface area contributed by atoms with Crippen molar-refractivity contribution in [3.8, 4) is 17.3 Å². The minimum atomic E-state index is -3.95. The van der Waals surface area contributed by atoms with Gasteiger partial charge >= 0.3 is 0 Å². The van der Waals surface area contributed by atoms with E-state index >= 15 is 0 Å². The zero-order valence-electron chi connectivity index (χ0n) is 17.8. The van der Waals surface area contributed by atoms with E-state index in [4.69, 9.17) is 16.3 Å². The van der Waals surface area contributed by atoms with Crippen LogP contribution in [-0.2, 0) is 16.4 Å². The summed E-state index contributed by atoms with van der Waals surface area (Å²) >= 11 is 5.76. The number of hydrogen-bond donors (Lipinski definition) is 1. The second-order valence-electron chi connectivity index (χ2n) is 7.55. The van der Waals surface area contributed by atoms with E-state index in [1.165, 1.54) is 29.2 Å². The van der Waals surface area contributed by atoms with Crippen molar-refractivity contribution < 1.29 is 21.9 Å². The van der Waals surface area contributed by atoms with Crippen LogP contribution in [0.2, 0.25) is 5.02 Å². The van der Waals surface area contributed by atoms with Gasteiger partial charge in [0.15, 0.2) is 5.82 Å². The van der Waals surface area contributed by atoms with Gasteiger partial charge in [0, 0.05) is 36.6 Å². The second-order valence-corrected chi connectivity index (χ2v) is 9.83. The molecular formula is C21H16ClF2N7O3S. The zero-order chi connectivity index (χ0) is 24.6. The van der Waals surface area contributed by atoms with E-state index in [1.54, 1.807) is 12.1 Å². The molecule has 0 spiro atoms. The van der Waals surface area contributed by atoms with Crippen molar-refractivity contribution in [2.75, 3.05) is 17.1 Å². The number of aromatic nitrogens is 6. The van der Waals surface area contributed by atoms with Crippen LogP contribution in [0, 0.1) is 11.6 Å².